The maximum atomic E-state index is 2.80. The molecule has 7 unspecified atom stereocenters. The monoisotopic (exact) mass is 631 g/mol. The second-order valence-electron chi connectivity index (χ2n) is 20.2. The van der Waals surface area contributed by atoms with Crippen LogP contribution < -0.4 is 0 Å². The highest BCUT2D eigenvalue weighted by molar-refractivity contribution is 6.11. The summed E-state index contributed by atoms with van der Waals surface area (Å²) in [5, 5.41) is 6.19. The summed E-state index contributed by atoms with van der Waals surface area (Å²) in [6, 6.07) is 0. The number of aryl methyl sites for hydroxylation is 5. The van der Waals surface area contributed by atoms with Gasteiger partial charge in [-0.3, -0.25) is 0 Å². The number of hydrogen-bond donors (Lipinski definition) is 0. The zero-order valence-electron chi connectivity index (χ0n) is 34.0. The van der Waals surface area contributed by atoms with Gasteiger partial charge in [-0.25, -0.2) is 0 Å². The molecule has 7 rings (SSSR count). The van der Waals surface area contributed by atoms with Crippen molar-refractivity contribution in [3.05, 3.63) is 67.8 Å². The van der Waals surface area contributed by atoms with Crippen LogP contribution in [0.5, 0.6) is 0 Å². The first-order valence-electron chi connectivity index (χ1n) is 18.9. The number of benzene rings is 3. The van der Waals surface area contributed by atoms with E-state index in [0.29, 0.717) is 11.8 Å². The normalized spacial score (nSPS) is 38.7. The van der Waals surface area contributed by atoms with Gasteiger partial charge in [-0.2, -0.15) is 0 Å². The number of rotatable bonds is 2. The Hall–Kier alpha value is -2.08. The minimum absolute atomic E-state index is 0.0700. The quantitative estimate of drug-likeness (QED) is 0.150. The molecule has 3 aromatic carbocycles. The minimum atomic E-state index is 0.0700. The number of allylic oxidation sites excluding steroid dienone is 2. The molecule has 0 radical (unpaired) electrons. The smallest absolute Gasteiger partial charge is 0.00499 e. The van der Waals surface area contributed by atoms with Crippen molar-refractivity contribution in [2.24, 2.45) is 55.2 Å². The molecule has 0 amide bonds. The summed E-state index contributed by atoms with van der Waals surface area (Å²) < 4.78 is 0. The Morgan fingerprint density at radius 2 is 0.723 bits per heavy atom. The second-order valence-corrected chi connectivity index (χ2v) is 20.2. The van der Waals surface area contributed by atoms with Crippen LogP contribution in [0.3, 0.4) is 0 Å². The molecule has 0 nitrogen and oxygen atoms in total. The lowest BCUT2D eigenvalue weighted by Gasteiger charge is -2.64. The van der Waals surface area contributed by atoms with E-state index >= 15 is 0 Å². The third kappa shape index (κ3) is 2.84. The molecule has 0 N–H and O–H groups in total. The highest BCUT2D eigenvalue weighted by Crippen LogP contribution is 2.97. The molecule has 4 bridgehead atoms. The number of fused-ring (bicyclic) bond motifs is 11. The standard InChI is InChI=1S/C47H66/c1-24-26(3)30(7)36-33(37-31(8)27(4)25(2)29(6)35(37)32(9)34(36)28(24)5)23-45(18)41(12,13)46(19)38-39(47(45,20)42(46,14)15)44(17)22-21-43(38,16)40(44,10)11/h21-22,38-39H,23H2,1-20H3. The van der Waals surface area contributed by atoms with Gasteiger partial charge in [-0.15, -0.1) is 0 Å². The Labute approximate surface area is 288 Å². The Kier molecular flexibility index (Phi) is 6.12. The van der Waals surface area contributed by atoms with Crippen LogP contribution in [0.1, 0.15) is 132 Å². The largest absolute Gasteiger partial charge is 0.0811 e. The fourth-order valence-corrected chi connectivity index (χ4v) is 15.1. The molecule has 4 aliphatic rings. The Morgan fingerprint density at radius 1 is 0.383 bits per heavy atom. The SMILES string of the molecule is Cc1c(C)c(C)c2c(CC3(C)C(C)(C)C4(C)C5C(C6(C)C=CC5(C)C6(C)C)C3(C)C4(C)C)c3c(C)c(C)c(C)c(C)c3c(C)c2c1C. The summed E-state index contributed by atoms with van der Waals surface area (Å²) in [7, 11) is 0. The van der Waals surface area contributed by atoms with Crippen molar-refractivity contribution in [1.29, 1.82) is 0 Å². The predicted molar refractivity (Wildman–Crippen MR) is 206 cm³/mol. The molecule has 0 heteroatoms. The van der Waals surface area contributed by atoms with E-state index in [0.717, 1.165) is 6.42 Å². The van der Waals surface area contributed by atoms with Gasteiger partial charge in [-0.05, 0) is 201 Å². The van der Waals surface area contributed by atoms with Crippen LogP contribution in [-0.2, 0) is 6.42 Å². The van der Waals surface area contributed by atoms with Crippen molar-refractivity contribution in [3.63, 3.8) is 0 Å². The summed E-state index contributed by atoms with van der Waals surface area (Å²) in [6.07, 6.45) is 6.50. The Morgan fingerprint density at radius 3 is 1.11 bits per heavy atom. The lowest BCUT2D eigenvalue weighted by Crippen LogP contribution is -2.59. The van der Waals surface area contributed by atoms with Gasteiger partial charge in [0.2, 0.25) is 0 Å². The van der Waals surface area contributed by atoms with Crippen molar-refractivity contribution >= 4 is 21.5 Å². The average Bonchev–Trinajstić information content (AvgIpc) is 3.36. The van der Waals surface area contributed by atoms with Crippen LogP contribution in [0.25, 0.3) is 21.5 Å². The van der Waals surface area contributed by atoms with Crippen LogP contribution >= 0.6 is 0 Å². The molecule has 3 aromatic rings. The molecular formula is C47H66. The van der Waals surface area contributed by atoms with Gasteiger partial charge in [0.15, 0.2) is 0 Å². The maximum Gasteiger partial charge on any atom is -0.00499 e. The summed E-state index contributed by atoms with van der Waals surface area (Å²) >= 11 is 0. The molecule has 0 aromatic heterocycles. The van der Waals surface area contributed by atoms with Gasteiger partial charge in [0.05, 0.1) is 0 Å². The fourth-order valence-electron chi connectivity index (χ4n) is 15.1. The zero-order chi connectivity index (χ0) is 35.4. The lowest BCUT2D eigenvalue weighted by molar-refractivity contribution is -0.147. The van der Waals surface area contributed by atoms with Gasteiger partial charge in [0, 0.05) is 0 Å². The Bertz CT molecular complexity index is 1930. The van der Waals surface area contributed by atoms with E-state index in [2.05, 4.69) is 151 Å². The predicted octanol–water partition coefficient (Wildman–Crippen LogP) is 13.3. The van der Waals surface area contributed by atoms with E-state index in [9.17, 15) is 0 Å². The van der Waals surface area contributed by atoms with Crippen LogP contribution in [0.15, 0.2) is 12.2 Å². The van der Waals surface area contributed by atoms with E-state index in [-0.39, 0.29) is 43.3 Å². The molecule has 0 spiro atoms. The molecule has 4 aliphatic carbocycles. The molecule has 0 aliphatic heterocycles. The molecule has 47 heavy (non-hydrogen) atoms. The topological polar surface area (TPSA) is 0 Å². The van der Waals surface area contributed by atoms with Crippen molar-refractivity contribution in [1.82, 2.24) is 0 Å². The van der Waals surface area contributed by atoms with E-state index < -0.39 is 0 Å². The molecule has 0 heterocycles. The first kappa shape index (κ1) is 33.4. The molecule has 0 saturated heterocycles. The van der Waals surface area contributed by atoms with Crippen LogP contribution in [0, 0.1) is 117 Å². The first-order valence-corrected chi connectivity index (χ1v) is 18.9. The van der Waals surface area contributed by atoms with Crippen molar-refractivity contribution in [3.8, 4) is 0 Å². The van der Waals surface area contributed by atoms with Gasteiger partial charge < -0.3 is 0 Å². The van der Waals surface area contributed by atoms with Crippen molar-refractivity contribution in [2.75, 3.05) is 0 Å². The highest BCUT2D eigenvalue weighted by Gasteiger charge is 2.92. The molecule has 7 atom stereocenters. The van der Waals surface area contributed by atoms with Crippen LogP contribution in [0.2, 0.25) is 0 Å². The van der Waals surface area contributed by atoms with Crippen molar-refractivity contribution < 1.29 is 0 Å². The minimum Gasteiger partial charge on any atom is -0.0811 e. The van der Waals surface area contributed by atoms with E-state index in [1.165, 1.54) is 60.8 Å². The van der Waals surface area contributed by atoms with E-state index in [4.69, 9.17) is 0 Å². The summed E-state index contributed by atoms with van der Waals surface area (Å²) in [6.45, 7) is 51.3. The molecule has 3 fully saturated rings. The summed E-state index contributed by atoms with van der Waals surface area (Å²) in [5.41, 5.74) is 16.2. The summed E-state index contributed by atoms with van der Waals surface area (Å²) in [4.78, 5) is 0. The molecule has 254 valence electrons. The highest BCUT2D eigenvalue weighted by atomic mass is 15.0. The average molecular weight is 631 g/mol. The zero-order valence-corrected chi connectivity index (χ0v) is 34.0. The van der Waals surface area contributed by atoms with Gasteiger partial charge in [-0.1, -0.05) is 88.3 Å². The fraction of sp³-hybridized carbons (Fsp3) is 0.660. The maximum absolute atomic E-state index is 2.80. The first-order chi connectivity index (χ1) is 21.2. The number of hydrogen-bond acceptors (Lipinski definition) is 0. The molecular weight excluding hydrogens is 565 g/mol. The van der Waals surface area contributed by atoms with Crippen LogP contribution in [0.4, 0.5) is 0 Å². The van der Waals surface area contributed by atoms with E-state index in [1.807, 2.05) is 0 Å². The van der Waals surface area contributed by atoms with Gasteiger partial charge >= 0.3 is 0 Å². The van der Waals surface area contributed by atoms with Crippen molar-refractivity contribution in [2.45, 2.75) is 145 Å². The van der Waals surface area contributed by atoms with E-state index in [1.54, 1.807) is 16.3 Å². The summed E-state index contributed by atoms with van der Waals surface area (Å²) in [5.74, 6) is 1.30. The third-order valence-corrected chi connectivity index (χ3v) is 20.0. The second kappa shape index (κ2) is 8.61. The third-order valence-electron chi connectivity index (χ3n) is 20.0. The molecule has 3 saturated carbocycles. The van der Waals surface area contributed by atoms with Gasteiger partial charge in [0.25, 0.3) is 0 Å². The lowest BCUT2D eigenvalue weighted by atomic mass is 9.40. The van der Waals surface area contributed by atoms with Crippen LogP contribution in [-0.4, -0.2) is 0 Å². The van der Waals surface area contributed by atoms with Gasteiger partial charge in [0.1, 0.15) is 0 Å². The Balaban J connectivity index is 1.65.